The van der Waals surface area contributed by atoms with E-state index in [1.165, 1.54) is 6.42 Å². The van der Waals surface area contributed by atoms with Crippen LogP contribution in [0.5, 0.6) is 5.75 Å². The molecule has 0 aliphatic carbocycles. The number of unbranched alkanes of at least 4 members (excludes halogenated alkanes) is 3. The third kappa shape index (κ3) is 15.2. The number of H-pyrrole nitrogens is 1. The summed E-state index contributed by atoms with van der Waals surface area (Å²) in [6.07, 6.45) is 10.00. The molecule has 1 aromatic heterocycles. The van der Waals surface area contributed by atoms with E-state index in [0.29, 0.717) is 38.8 Å². The third-order valence-corrected chi connectivity index (χ3v) is 10.3. The van der Waals surface area contributed by atoms with Crippen molar-refractivity contribution in [3.8, 4) is 5.75 Å². The van der Waals surface area contributed by atoms with E-state index in [1.54, 1.807) is 24.3 Å². The number of phenolic OH excluding ortho intramolecular Hbond substituents is 1. The smallest absolute Gasteiger partial charge is 0.243 e. The zero-order valence-corrected chi connectivity index (χ0v) is 34.0. The van der Waals surface area contributed by atoms with Gasteiger partial charge in [0, 0.05) is 48.6 Å². The first-order chi connectivity index (χ1) is 27.6. The molecule has 0 aliphatic heterocycles. The molecule has 0 saturated carbocycles. The van der Waals surface area contributed by atoms with E-state index in [2.05, 4.69) is 50.9 Å². The fraction of sp³-hybridized carbons (Fsp3) is 0.467. The maximum atomic E-state index is 14.4. The second-order valence-corrected chi connectivity index (χ2v) is 15.2. The second kappa shape index (κ2) is 23.6. The zero-order valence-electron chi connectivity index (χ0n) is 34.0. The molecule has 4 unspecified atom stereocenters. The number of benzene rings is 3. The lowest BCUT2D eigenvalue weighted by Gasteiger charge is -2.28. The highest BCUT2D eigenvalue weighted by molar-refractivity contribution is 5.93. The molecule has 4 aromatic rings. The Labute approximate surface area is 338 Å². The quantitative estimate of drug-likeness (QED) is 0.0268. The molecule has 57 heavy (non-hydrogen) atoms. The van der Waals surface area contributed by atoms with Gasteiger partial charge in [-0.1, -0.05) is 100 Å². The van der Waals surface area contributed by atoms with E-state index in [9.17, 15) is 19.5 Å². The van der Waals surface area contributed by atoms with Gasteiger partial charge in [-0.05, 0) is 87.0 Å². The van der Waals surface area contributed by atoms with Crippen LogP contribution in [0.1, 0.15) is 81.9 Å². The van der Waals surface area contributed by atoms with Crippen LogP contribution >= 0.6 is 0 Å². The lowest BCUT2D eigenvalue weighted by Crippen LogP contribution is -2.57. The SMILES string of the molecule is CCCCCCN(C)CC(Cc1c[nH]c2ccccc12)NC(=O)C(CCCN=C(N)N)NC(=O)C(Cc1ccccc1)NC(=O)C(CCC)Cc1ccc(O)cc1. The van der Waals surface area contributed by atoms with Crippen LogP contribution in [0, 0.1) is 5.92 Å². The van der Waals surface area contributed by atoms with Crippen molar-refractivity contribution in [3.63, 3.8) is 0 Å². The van der Waals surface area contributed by atoms with Crippen LogP contribution in [-0.2, 0) is 33.6 Å². The van der Waals surface area contributed by atoms with Crippen LogP contribution in [0.3, 0.4) is 0 Å². The number of phenols is 1. The van der Waals surface area contributed by atoms with E-state index in [-0.39, 0.29) is 42.4 Å². The summed E-state index contributed by atoms with van der Waals surface area (Å²) in [7, 11) is 2.08. The van der Waals surface area contributed by atoms with Crippen molar-refractivity contribution in [2.75, 3.05) is 26.7 Å². The normalized spacial score (nSPS) is 13.4. The summed E-state index contributed by atoms with van der Waals surface area (Å²) >= 11 is 0. The fourth-order valence-corrected chi connectivity index (χ4v) is 7.29. The molecule has 9 N–H and O–H groups in total. The van der Waals surface area contributed by atoms with E-state index in [4.69, 9.17) is 11.5 Å². The number of nitrogens with zero attached hydrogens (tertiary/aromatic N) is 2. The Kier molecular flexibility index (Phi) is 18.4. The van der Waals surface area contributed by atoms with Crippen LogP contribution in [0.2, 0.25) is 0 Å². The number of amides is 3. The van der Waals surface area contributed by atoms with Crippen LogP contribution in [0.25, 0.3) is 10.9 Å². The van der Waals surface area contributed by atoms with Crippen molar-refractivity contribution in [1.82, 2.24) is 25.8 Å². The highest BCUT2D eigenvalue weighted by atomic mass is 16.3. The minimum absolute atomic E-state index is 0.0413. The Morgan fingerprint density at radius 2 is 1.42 bits per heavy atom. The van der Waals surface area contributed by atoms with E-state index < -0.39 is 23.9 Å². The summed E-state index contributed by atoms with van der Waals surface area (Å²) < 4.78 is 0. The zero-order chi connectivity index (χ0) is 41.0. The summed E-state index contributed by atoms with van der Waals surface area (Å²) in [6.45, 7) is 6.04. The van der Waals surface area contributed by atoms with Crippen LogP contribution in [-0.4, -0.2) is 83.5 Å². The van der Waals surface area contributed by atoms with Gasteiger partial charge in [0.05, 0.1) is 0 Å². The van der Waals surface area contributed by atoms with Gasteiger partial charge in [-0.25, -0.2) is 0 Å². The predicted octanol–water partition coefficient (Wildman–Crippen LogP) is 5.34. The molecule has 3 amide bonds. The minimum atomic E-state index is -0.941. The van der Waals surface area contributed by atoms with Crippen LogP contribution in [0.4, 0.5) is 0 Å². The fourth-order valence-electron chi connectivity index (χ4n) is 7.29. The standard InChI is InChI=1S/C45H64N8O4/c1-4-6-7-13-26-53(3)31-36(29-35-30-49-39-19-12-11-18-38(35)39)50-43(56)40(20-14-25-48-45(46)47)51-44(57)41(28-32-16-9-8-10-17-32)52-42(55)34(15-5-2)27-33-21-23-37(54)24-22-33/h8-12,16-19,21-24,30,34,36,40-41,49,54H,4-7,13-15,20,25-29,31H2,1-3H3,(H,50,56)(H,51,57)(H,52,55)(H4,46,47,48). The number of carbonyl (C=O) groups is 3. The maximum Gasteiger partial charge on any atom is 0.243 e. The summed E-state index contributed by atoms with van der Waals surface area (Å²) in [4.78, 5) is 52.4. The number of rotatable bonds is 25. The van der Waals surface area contributed by atoms with Gasteiger partial charge < -0.3 is 42.4 Å². The number of carbonyl (C=O) groups excluding carboxylic acids is 3. The van der Waals surface area contributed by atoms with Crippen molar-refractivity contribution in [1.29, 1.82) is 0 Å². The molecular formula is C45H64N8O4. The molecule has 4 rings (SSSR count). The molecule has 308 valence electrons. The first kappa shape index (κ1) is 44.4. The number of nitrogens with two attached hydrogens (primary N) is 2. The largest absolute Gasteiger partial charge is 0.508 e. The number of fused-ring (bicyclic) bond motifs is 1. The first-order valence-electron chi connectivity index (χ1n) is 20.6. The molecule has 3 aromatic carbocycles. The average Bonchev–Trinajstić information content (AvgIpc) is 3.60. The van der Waals surface area contributed by atoms with Gasteiger partial charge in [0.15, 0.2) is 5.96 Å². The summed E-state index contributed by atoms with van der Waals surface area (Å²) in [5.41, 5.74) is 15.1. The van der Waals surface area contributed by atoms with Crippen LogP contribution < -0.4 is 27.4 Å². The Hall–Kier alpha value is -5.36. The van der Waals surface area contributed by atoms with E-state index in [1.807, 2.05) is 61.7 Å². The molecule has 0 radical (unpaired) electrons. The number of aromatic nitrogens is 1. The van der Waals surface area contributed by atoms with Gasteiger partial charge in [0.2, 0.25) is 17.7 Å². The average molecular weight is 781 g/mol. The van der Waals surface area contributed by atoms with Crippen molar-refractivity contribution in [3.05, 3.63) is 102 Å². The summed E-state index contributed by atoms with van der Waals surface area (Å²) in [5, 5.41) is 20.3. The predicted molar refractivity (Wildman–Crippen MR) is 230 cm³/mol. The molecule has 0 bridgehead atoms. The second-order valence-electron chi connectivity index (χ2n) is 15.2. The molecular weight excluding hydrogens is 717 g/mol. The topological polar surface area (TPSA) is 191 Å². The lowest BCUT2D eigenvalue weighted by atomic mass is 9.93. The highest BCUT2D eigenvalue weighted by Gasteiger charge is 2.30. The molecule has 1 heterocycles. The number of para-hydroxylation sites is 1. The molecule has 0 spiro atoms. The van der Waals surface area contributed by atoms with Gasteiger partial charge in [-0.3, -0.25) is 19.4 Å². The highest BCUT2D eigenvalue weighted by Crippen LogP contribution is 2.21. The molecule has 12 heteroatoms. The summed E-state index contributed by atoms with van der Waals surface area (Å²) in [6, 6.07) is 22.4. The summed E-state index contributed by atoms with van der Waals surface area (Å²) in [5.74, 6) is -1.27. The van der Waals surface area contributed by atoms with Crippen molar-refractivity contribution < 1.29 is 19.5 Å². The van der Waals surface area contributed by atoms with Gasteiger partial charge in [0.1, 0.15) is 17.8 Å². The van der Waals surface area contributed by atoms with Gasteiger partial charge in [0.25, 0.3) is 0 Å². The molecule has 0 saturated heterocycles. The number of hydrogen-bond donors (Lipinski definition) is 7. The monoisotopic (exact) mass is 781 g/mol. The van der Waals surface area contributed by atoms with E-state index in [0.717, 1.165) is 59.8 Å². The lowest BCUT2D eigenvalue weighted by molar-refractivity contribution is -0.133. The molecule has 0 aliphatic rings. The van der Waals surface area contributed by atoms with Crippen molar-refractivity contribution in [2.24, 2.45) is 22.4 Å². The molecule has 12 nitrogen and oxygen atoms in total. The number of hydrogen-bond acceptors (Lipinski definition) is 6. The third-order valence-electron chi connectivity index (χ3n) is 10.3. The van der Waals surface area contributed by atoms with Gasteiger partial charge in [-0.2, -0.15) is 0 Å². The number of aromatic hydroxyl groups is 1. The van der Waals surface area contributed by atoms with E-state index >= 15 is 0 Å². The number of guanidine groups is 1. The van der Waals surface area contributed by atoms with Crippen molar-refractivity contribution >= 4 is 34.6 Å². The maximum absolute atomic E-state index is 14.4. The Bertz CT molecular complexity index is 1840. The first-order valence-corrected chi connectivity index (χ1v) is 20.6. The van der Waals surface area contributed by atoms with Crippen molar-refractivity contribution in [2.45, 2.75) is 103 Å². The number of likely N-dealkylation sites (N-methyl/N-ethyl adjacent to an activating group) is 1. The van der Waals surface area contributed by atoms with Gasteiger partial charge in [-0.15, -0.1) is 0 Å². The number of aliphatic imine (C=N–C) groups is 1. The number of aromatic amines is 1. The molecule has 0 fully saturated rings. The Morgan fingerprint density at radius 3 is 2.14 bits per heavy atom. The minimum Gasteiger partial charge on any atom is -0.508 e. The number of nitrogens with one attached hydrogen (secondary N) is 4. The Morgan fingerprint density at radius 1 is 0.737 bits per heavy atom. The van der Waals surface area contributed by atoms with Gasteiger partial charge >= 0.3 is 0 Å². The Balaban J connectivity index is 1.57. The molecule has 4 atom stereocenters. The van der Waals surface area contributed by atoms with Crippen LogP contribution in [0.15, 0.2) is 90.1 Å².